The molecular formula is C26H23F2NO5. The molecule has 0 fully saturated rings. The summed E-state index contributed by atoms with van der Waals surface area (Å²) >= 11 is 0. The predicted octanol–water partition coefficient (Wildman–Crippen LogP) is 4.10. The summed E-state index contributed by atoms with van der Waals surface area (Å²) < 4.78 is 32.9. The van der Waals surface area contributed by atoms with Crippen molar-refractivity contribution < 1.29 is 33.3 Å². The lowest BCUT2D eigenvalue weighted by Crippen LogP contribution is -2.30. The van der Waals surface area contributed by atoms with E-state index in [1.165, 1.54) is 0 Å². The molecule has 8 heteroatoms. The molecular weight excluding hydrogens is 444 g/mol. The van der Waals surface area contributed by atoms with E-state index in [1.54, 1.807) is 0 Å². The Morgan fingerprint density at radius 1 is 1.00 bits per heavy atom. The smallest absolute Gasteiger partial charge is 0.407 e. The number of aliphatic hydroxyl groups excluding tert-OH is 2. The molecule has 0 spiro atoms. The fourth-order valence-electron chi connectivity index (χ4n) is 4.24. The van der Waals surface area contributed by atoms with Crippen molar-refractivity contribution in [3.63, 3.8) is 0 Å². The van der Waals surface area contributed by atoms with Crippen LogP contribution in [0.2, 0.25) is 0 Å². The Hall–Kier alpha value is -3.62. The van der Waals surface area contributed by atoms with Crippen molar-refractivity contribution in [1.82, 2.24) is 5.32 Å². The first-order valence-electron chi connectivity index (χ1n) is 10.8. The number of carbonyl (C=O) groups is 2. The van der Waals surface area contributed by atoms with Gasteiger partial charge in [-0.15, -0.1) is 0 Å². The van der Waals surface area contributed by atoms with Gasteiger partial charge in [0.05, 0.1) is 11.7 Å². The maximum atomic E-state index is 13.8. The predicted molar refractivity (Wildman–Crippen MR) is 120 cm³/mol. The highest BCUT2D eigenvalue weighted by Gasteiger charge is 2.29. The van der Waals surface area contributed by atoms with Gasteiger partial charge in [0.25, 0.3) is 0 Å². The van der Waals surface area contributed by atoms with Crippen molar-refractivity contribution in [1.29, 1.82) is 0 Å². The molecule has 0 heterocycles. The molecule has 0 bridgehead atoms. The Bertz CT molecular complexity index is 1150. The number of halogens is 2. The van der Waals surface area contributed by atoms with Crippen LogP contribution in [0.1, 0.15) is 45.5 Å². The molecule has 1 aliphatic carbocycles. The minimum Gasteiger partial charge on any atom is -0.449 e. The lowest BCUT2D eigenvalue weighted by Gasteiger charge is -2.19. The van der Waals surface area contributed by atoms with Gasteiger partial charge in [0.2, 0.25) is 0 Å². The van der Waals surface area contributed by atoms with Crippen LogP contribution >= 0.6 is 0 Å². The van der Waals surface area contributed by atoms with E-state index >= 15 is 0 Å². The first-order valence-corrected chi connectivity index (χ1v) is 10.8. The molecule has 0 saturated heterocycles. The zero-order valence-electron chi connectivity index (χ0n) is 18.1. The zero-order chi connectivity index (χ0) is 24.2. The first-order chi connectivity index (χ1) is 16.4. The molecule has 1 aliphatic rings. The van der Waals surface area contributed by atoms with E-state index in [0.717, 1.165) is 34.4 Å². The van der Waals surface area contributed by atoms with Crippen LogP contribution in [-0.2, 0) is 4.74 Å². The highest BCUT2D eigenvalue weighted by molar-refractivity contribution is 5.79. The second kappa shape index (κ2) is 10.1. The number of nitrogens with one attached hydrogen (secondary N) is 1. The molecule has 4 rings (SSSR count). The van der Waals surface area contributed by atoms with Gasteiger partial charge in [-0.25, -0.2) is 13.6 Å². The minimum atomic E-state index is -1.60. The van der Waals surface area contributed by atoms with E-state index in [1.807, 2.05) is 48.5 Å². The van der Waals surface area contributed by atoms with E-state index in [0.29, 0.717) is 0 Å². The monoisotopic (exact) mass is 467 g/mol. The molecule has 3 aromatic rings. The highest BCUT2D eigenvalue weighted by atomic mass is 19.1. The molecule has 1 amide bonds. The second-order valence-electron chi connectivity index (χ2n) is 8.07. The molecule has 3 aromatic carbocycles. The maximum Gasteiger partial charge on any atom is 0.407 e. The van der Waals surface area contributed by atoms with Crippen LogP contribution in [0, 0.1) is 11.6 Å². The molecule has 6 nitrogen and oxygen atoms in total. The minimum absolute atomic E-state index is 0.0354. The van der Waals surface area contributed by atoms with Crippen LogP contribution in [0.3, 0.4) is 0 Å². The quantitative estimate of drug-likeness (QED) is 0.434. The van der Waals surface area contributed by atoms with Gasteiger partial charge in [-0.3, -0.25) is 4.79 Å². The van der Waals surface area contributed by atoms with Gasteiger partial charge in [0.1, 0.15) is 24.3 Å². The summed E-state index contributed by atoms with van der Waals surface area (Å²) in [5.41, 5.74) is 3.42. The van der Waals surface area contributed by atoms with Gasteiger partial charge in [-0.2, -0.15) is 0 Å². The van der Waals surface area contributed by atoms with Crippen molar-refractivity contribution in [2.24, 2.45) is 0 Å². The number of hydrogen-bond acceptors (Lipinski definition) is 5. The molecule has 0 aliphatic heterocycles. The zero-order valence-corrected chi connectivity index (χ0v) is 18.1. The number of aldehydes is 1. The van der Waals surface area contributed by atoms with Crippen LogP contribution in [0.5, 0.6) is 0 Å². The van der Waals surface area contributed by atoms with Crippen LogP contribution < -0.4 is 5.32 Å². The molecule has 0 aromatic heterocycles. The molecule has 0 radical (unpaired) electrons. The summed E-state index contributed by atoms with van der Waals surface area (Å²) in [5.74, 6) is -2.36. The number of alkyl carbamates (subject to hydrolysis) is 1. The van der Waals surface area contributed by atoms with Gasteiger partial charge < -0.3 is 20.3 Å². The molecule has 34 heavy (non-hydrogen) atoms. The fraction of sp³-hybridized carbons (Fsp3) is 0.231. The van der Waals surface area contributed by atoms with E-state index in [4.69, 9.17) is 4.74 Å². The van der Waals surface area contributed by atoms with Crippen LogP contribution in [-0.4, -0.2) is 41.8 Å². The third-order valence-electron chi connectivity index (χ3n) is 5.98. The van der Waals surface area contributed by atoms with E-state index in [9.17, 15) is 28.6 Å². The van der Waals surface area contributed by atoms with Crippen molar-refractivity contribution >= 4 is 12.4 Å². The Kier molecular flexibility index (Phi) is 7.00. The number of rotatable bonds is 8. The van der Waals surface area contributed by atoms with Gasteiger partial charge in [0.15, 0.2) is 6.29 Å². The Labute approximate surface area is 194 Å². The van der Waals surface area contributed by atoms with Gasteiger partial charge in [0, 0.05) is 12.5 Å². The fourth-order valence-corrected chi connectivity index (χ4v) is 4.24. The number of benzene rings is 3. The standard InChI is InChI=1S/C26H23F2NO5/c27-22-11-15(12-23(28)20(22)13-30)25(32)24(31)9-10-29-26(33)34-14-21-18-7-3-1-5-16(18)17-6-2-4-8-19(17)21/h1-8,11-13,21,24-25,31-32H,9-10,14H2,(H,29,33). The number of ether oxygens (including phenoxy) is 1. The molecule has 3 N–H and O–H groups in total. The third-order valence-corrected chi connectivity index (χ3v) is 5.98. The lowest BCUT2D eigenvalue weighted by molar-refractivity contribution is 0.0133. The van der Waals surface area contributed by atoms with Gasteiger partial charge in [-0.05, 0) is 46.4 Å². The number of hydrogen-bond donors (Lipinski definition) is 3. The maximum absolute atomic E-state index is 13.8. The van der Waals surface area contributed by atoms with Gasteiger partial charge in [-0.1, -0.05) is 48.5 Å². The first kappa shape index (κ1) is 23.5. The summed E-state index contributed by atoms with van der Waals surface area (Å²) in [5, 5.41) is 22.8. The SMILES string of the molecule is O=Cc1c(F)cc(C(O)C(O)CCNC(=O)OCC2c3ccccc3-c3ccccc32)cc1F. The van der Waals surface area contributed by atoms with Crippen molar-refractivity contribution in [2.75, 3.05) is 13.2 Å². The summed E-state index contributed by atoms with van der Waals surface area (Å²) in [7, 11) is 0. The largest absolute Gasteiger partial charge is 0.449 e. The number of amides is 1. The average Bonchev–Trinajstić information content (AvgIpc) is 3.15. The van der Waals surface area contributed by atoms with Crippen molar-refractivity contribution in [2.45, 2.75) is 24.5 Å². The van der Waals surface area contributed by atoms with E-state index in [2.05, 4.69) is 5.32 Å². The molecule has 0 saturated carbocycles. The summed E-state index contributed by atoms with van der Waals surface area (Å²) in [6, 6.07) is 17.5. The Morgan fingerprint density at radius 2 is 1.56 bits per heavy atom. The van der Waals surface area contributed by atoms with Crippen molar-refractivity contribution in [3.8, 4) is 11.1 Å². The number of aliphatic hydroxyl groups is 2. The Morgan fingerprint density at radius 3 is 2.12 bits per heavy atom. The van der Waals surface area contributed by atoms with Crippen LogP contribution in [0.4, 0.5) is 13.6 Å². The van der Waals surface area contributed by atoms with E-state index < -0.39 is 35.5 Å². The average molecular weight is 467 g/mol. The summed E-state index contributed by atoms with van der Waals surface area (Å²) in [6.07, 6.45) is -3.75. The Balaban J connectivity index is 1.29. The topological polar surface area (TPSA) is 95.9 Å². The molecule has 2 atom stereocenters. The van der Waals surface area contributed by atoms with Crippen LogP contribution in [0.15, 0.2) is 60.7 Å². The van der Waals surface area contributed by atoms with Crippen LogP contribution in [0.25, 0.3) is 11.1 Å². The summed E-state index contributed by atoms with van der Waals surface area (Å²) in [4.78, 5) is 22.9. The van der Waals surface area contributed by atoms with Crippen molar-refractivity contribution in [3.05, 3.63) is 94.6 Å². The normalized spacial score (nSPS) is 14.1. The molecule has 2 unspecified atom stereocenters. The second-order valence-corrected chi connectivity index (χ2v) is 8.07. The highest BCUT2D eigenvalue weighted by Crippen LogP contribution is 2.44. The molecule has 176 valence electrons. The van der Waals surface area contributed by atoms with Gasteiger partial charge >= 0.3 is 6.09 Å². The third kappa shape index (κ3) is 4.69. The summed E-state index contributed by atoms with van der Waals surface area (Å²) in [6.45, 7) is 0.0962. The lowest BCUT2D eigenvalue weighted by atomic mass is 9.98. The van der Waals surface area contributed by atoms with E-state index in [-0.39, 0.29) is 37.3 Å². The number of fused-ring (bicyclic) bond motifs is 3. The number of carbonyl (C=O) groups excluding carboxylic acids is 2.